The van der Waals surface area contributed by atoms with Crippen molar-refractivity contribution < 1.29 is 9.15 Å². The van der Waals surface area contributed by atoms with Gasteiger partial charge in [0.2, 0.25) is 0 Å². The summed E-state index contributed by atoms with van der Waals surface area (Å²) in [6.07, 6.45) is 5.82. The van der Waals surface area contributed by atoms with Crippen molar-refractivity contribution in [1.29, 1.82) is 0 Å². The van der Waals surface area contributed by atoms with Crippen LogP contribution < -0.4 is 10.1 Å². The molecule has 1 aromatic carbocycles. The van der Waals surface area contributed by atoms with E-state index in [-0.39, 0.29) is 6.04 Å². The van der Waals surface area contributed by atoms with E-state index in [1.807, 2.05) is 36.7 Å². The number of rotatable bonds is 7. The summed E-state index contributed by atoms with van der Waals surface area (Å²) < 4.78 is 12.2. The third kappa shape index (κ3) is 4.27. The van der Waals surface area contributed by atoms with Gasteiger partial charge in [0.1, 0.15) is 11.3 Å². The Morgan fingerprint density at radius 3 is 2.85 bits per heavy atom. The van der Waals surface area contributed by atoms with Gasteiger partial charge in [-0.05, 0) is 37.2 Å². The number of ether oxygens (including phenoxy) is 1. The molecule has 176 valence electrons. The fraction of sp³-hybridized carbons (Fsp3) is 0.407. The lowest BCUT2D eigenvalue weighted by atomic mass is 10.0. The van der Waals surface area contributed by atoms with Crippen molar-refractivity contribution >= 4 is 21.9 Å². The minimum Gasteiger partial charge on any atom is -0.492 e. The van der Waals surface area contributed by atoms with Crippen LogP contribution in [0.15, 0.2) is 59.3 Å². The van der Waals surface area contributed by atoms with Crippen LogP contribution in [0.5, 0.6) is 5.75 Å². The van der Waals surface area contributed by atoms with Gasteiger partial charge >= 0.3 is 0 Å². The van der Waals surface area contributed by atoms with Crippen LogP contribution in [0, 0.1) is 0 Å². The number of furan rings is 1. The van der Waals surface area contributed by atoms with Gasteiger partial charge in [-0.2, -0.15) is 0 Å². The van der Waals surface area contributed by atoms with Gasteiger partial charge in [0.15, 0.2) is 5.58 Å². The fourth-order valence-electron chi connectivity index (χ4n) is 5.34. The third-order valence-electron chi connectivity index (χ3n) is 7.05. The SMILES string of the molecule is c1cnc2c(c1)OCCC2N(CCCN1CCNCC1)Cc1nccc2c1oc1ccccc12. The van der Waals surface area contributed by atoms with E-state index in [0.29, 0.717) is 6.61 Å². The Bertz CT molecular complexity index is 1270. The highest BCUT2D eigenvalue weighted by Gasteiger charge is 2.29. The second kappa shape index (κ2) is 9.70. The molecule has 34 heavy (non-hydrogen) atoms. The molecule has 0 amide bonds. The van der Waals surface area contributed by atoms with Gasteiger partial charge < -0.3 is 19.4 Å². The van der Waals surface area contributed by atoms with Crippen molar-refractivity contribution in [3.8, 4) is 5.75 Å². The lowest BCUT2D eigenvalue weighted by Crippen LogP contribution is -2.44. The van der Waals surface area contributed by atoms with E-state index >= 15 is 0 Å². The van der Waals surface area contributed by atoms with E-state index in [1.165, 1.54) is 0 Å². The fourth-order valence-corrected chi connectivity index (χ4v) is 5.34. The normalized spacial score (nSPS) is 18.9. The van der Waals surface area contributed by atoms with Crippen LogP contribution in [0.3, 0.4) is 0 Å². The van der Waals surface area contributed by atoms with Crippen molar-refractivity contribution in [1.82, 2.24) is 25.1 Å². The van der Waals surface area contributed by atoms with Gasteiger partial charge in [-0.3, -0.25) is 14.9 Å². The Morgan fingerprint density at radius 2 is 1.91 bits per heavy atom. The zero-order valence-corrected chi connectivity index (χ0v) is 19.4. The first-order valence-corrected chi connectivity index (χ1v) is 12.4. The molecule has 2 aliphatic heterocycles. The van der Waals surface area contributed by atoms with Crippen LogP contribution in [0.25, 0.3) is 21.9 Å². The van der Waals surface area contributed by atoms with Crippen LogP contribution in [-0.2, 0) is 6.54 Å². The predicted molar refractivity (Wildman–Crippen MR) is 133 cm³/mol. The Balaban J connectivity index is 1.30. The van der Waals surface area contributed by atoms with Crippen molar-refractivity contribution in [2.45, 2.75) is 25.4 Å². The topological polar surface area (TPSA) is 66.7 Å². The number of hydrogen-bond acceptors (Lipinski definition) is 7. The number of fused-ring (bicyclic) bond motifs is 4. The van der Waals surface area contributed by atoms with Crippen LogP contribution in [0.4, 0.5) is 0 Å². The molecule has 1 unspecified atom stereocenters. The van der Waals surface area contributed by atoms with Gasteiger partial charge in [-0.15, -0.1) is 0 Å². The number of nitrogens with zero attached hydrogens (tertiary/aromatic N) is 4. The first kappa shape index (κ1) is 21.5. The van der Waals surface area contributed by atoms with Gasteiger partial charge in [0, 0.05) is 68.9 Å². The van der Waals surface area contributed by atoms with E-state index in [2.05, 4.69) is 33.3 Å². The predicted octanol–water partition coefficient (Wildman–Crippen LogP) is 4.00. The number of hydrogen-bond donors (Lipinski definition) is 1. The van der Waals surface area contributed by atoms with Crippen molar-refractivity contribution in [2.24, 2.45) is 0 Å². The molecule has 0 bridgehead atoms. The molecule has 7 nitrogen and oxygen atoms in total. The minimum absolute atomic E-state index is 0.203. The van der Waals surface area contributed by atoms with E-state index < -0.39 is 0 Å². The summed E-state index contributed by atoms with van der Waals surface area (Å²) in [6, 6.07) is 14.5. The number of para-hydroxylation sites is 1. The highest BCUT2D eigenvalue weighted by molar-refractivity contribution is 6.05. The molecular weight excluding hydrogens is 426 g/mol. The highest BCUT2D eigenvalue weighted by Crippen LogP contribution is 2.36. The second-order valence-corrected chi connectivity index (χ2v) is 9.19. The Labute approximate surface area is 199 Å². The number of piperazine rings is 1. The maximum Gasteiger partial charge on any atom is 0.158 e. The number of benzene rings is 1. The summed E-state index contributed by atoms with van der Waals surface area (Å²) in [6.45, 7) is 7.93. The molecule has 1 saturated heterocycles. The molecule has 1 fully saturated rings. The molecule has 0 spiro atoms. The molecule has 5 heterocycles. The van der Waals surface area contributed by atoms with Crippen LogP contribution in [0.1, 0.15) is 30.3 Å². The average Bonchev–Trinajstić information content (AvgIpc) is 3.28. The summed E-state index contributed by atoms with van der Waals surface area (Å²) in [5.74, 6) is 0.903. The number of pyridine rings is 2. The van der Waals surface area contributed by atoms with Gasteiger partial charge in [-0.1, -0.05) is 18.2 Å². The molecule has 0 saturated carbocycles. The second-order valence-electron chi connectivity index (χ2n) is 9.19. The molecule has 7 heteroatoms. The minimum atomic E-state index is 0.203. The zero-order chi connectivity index (χ0) is 22.7. The first-order valence-electron chi connectivity index (χ1n) is 12.4. The Kier molecular flexibility index (Phi) is 6.14. The van der Waals surface area contributed by atoms with Gasteiger partial charge in [0.05, 0.1) is 24.0 Å². The molecule has 0 aliphatic carbocycles. The summed E-state index contributed by atoms with van der Waals surface area (Å²) in [5, 5.41) is 5.72. The van der Waals surface area contributed by atoms with Gasteiger partial charge in [-0.25, -0.2) is 0 Å². The lowest BCUT2D eigenvalue weighted by molar-refractivity contribution is 0.119. The quantitative estimate of drug-likeness (QED) is 0.450. The zero-order valence-electron chi connectivity index (χ0n) is 19.4. The standard InChI is InChI=1S/C27H31N5O2/c1-2-6-24-20(5-1)21-8-11-29-22(27(21)34-24)19-32(15-4-14-31-16-12-28-13-17-31)23-9-18-33-25-7-3-10-30-26(23)25/h1-3,5-8,10-11,23,28H,4,9,12-19H2. The molecule has 6 rings (SSSR count). The average molecular weight is 458 g/mol. The highest BCUT2D eigenvalue weighted by atomic mass is 16.5. The summed E-state index contributed by atoms with van der Waals surface area (Å²) in [7, 11) is 0. The Hall–Kier alpha value is -3.00. The van der Waals surface area contributed by atoms with Crippen molar-refractivity contribution in [3.63, 3.8) is 0 Å². The number of aromatic nitrogens is 2. The smallest absolute Gasteiger partial charge is 0.158 e. The van der Waals surface area contributed by atoms with E-state index in [1.54, 1.807) is 0 Å². The first-order chi connectivity index (χ1) is 16.9. The summed E-state index contributed by atoms with van der Waals surface area (Å²) in [4.78, 5) is 14.6. The van der Waals surface area contributed by atoms with E-state index in [0.717, 1.165) is 97.7 Å². The molecular formula is C27H31N5O2. The summed E-state index contributed by atoms with van der Waals surface area (Å²) >= 11 is 0. The van der Waals surface area contributed by atoms with Gasteiger partial charge in [0.25, 0.3) is 0 Å². The third-order valence-corrected chi connectivity index (χ3v) is 7.05. The molecule has 4 aromatic rings. The molecule has 2 aliphatic rings. The number of nitrogens with one attached hydrogen (secondary N) is 1. The molecule has 0 radical (unpaired) electrons. The van der Waals surface area contributed by atoms with Crippen LogP contribution in [-0.4, -0.2) is 65.6 Å². The monoisotopic (exact) mass is 457 g/mol. The van der Waals surface area contributed by atoms with Crippen LogP contribution in [0.2, 0.25) is 0 Å². The van der Waals surface area contributed by atoms with E-state index in [4.69, 9.17) is 19.1 Å². The van der Waals surface area contributed by atoms with E-state index in [9.17, 15) is 0 Å². The van der Waals surface area contributed by atoms with Crippen LogP contribution >= 0.6 is 0 Å². The molecule has 3 aromatic heterocycles. The van der Waals surface area contributed by atoms with Crippen molar-refractivity contribution in [3.05, 3.63) is 66.2 Å². The Morgan fingerprint density at radius 1 is 1.00 bits per heavy atom. The lowest BCUT2D eigenvalue weighted by Gasteiger charge is -2.35. The molecule has 1 atom stereocenters. The maximum absolute atomic E-state index is 6.30. The van der Waals surface area contributed by atoms with Crippen molar-refractivity contribution in [2.75, 3.05) is 45.9 Å². The maximum atomic E-state index is 6.30. The summed E-state index contributed by atoms with van der Waals surface area (Å²) in [5.41, 5.74) is 3.83. The largest absolute Gasteiger partial charge is 0.492 e. The molecule has 1 N–H and O–H groups in total.